The molecule has 1 saturated heterocycles. The summed E-state index contributed by atoms with van der Waals surface area (Å²) in [5, 5.41) is 4.57. The number of fused-ring (bicyclic) bond motifs is 1. The Labute approximate surface area is 239 Å². The van der Waals surface area contributed by atoms with Crippen LogP contribution in [0, 0.1) is 5.41 Å². The van der Waals surface area contributed by atoms with E-state index in [9.17, 15) is 14.4 Å². The summed E-state index contributed by atoms with van der Waals surface area (Å²) in [6.07, 6.45) is 4.15. The van der Waals surface area contributed by atoms with E-state index in [2.05, 4.69) is 25.2 Å². The topological polar surface area (TPSA) is 121 Å². The summed E-state index contributed by atoms with van der Waals surface area (Å²) >= 11 is 6.10. The fraction of sp³-hybridized carbons (Fsp3) is 0.483. The smallest absolute Gasteiger partial charge is 0.307 e. The molecule has 10 nitrogen and oxygen atoms in total. The summed E-state index contributed by atoms with van der Waals surface area (Å²) in [4.78, 5) is 55.4. The fourth-order valence-corrected chi connectivity index (χ4v) is 5.14. The molecule has 40 heavy (non-hydrogen) atoms. The second kappa shape index (κ2) is 11.8. The lowest BCUT2D eigenvalue weighted by Crippen LogP contribution is -2.51. The Hall–Kier alpha value is -3.66. The SMILES string of the molecule is CN(C)C(=O)CC(NC(=O)C1(CC(=O)OC(C)(C)C)CCN(c2ncnc3[nH]ccc23)CC1)c1ccc(Cl)cc1. The second-order valence-electron chi connectivity index (χ2n) is 11.5. The molecular weight excluding hydrogens is 532 g/mol. The molecule has 0 bridgehead atoms. The predicted octanol–water partition coefficient (Wildman–Crippen LogP) is 4.27. The highest BCUT2D eigenvalue weighted by Gasteiger charge is 2.45. The van der Waals surface area contributed by atoms with E-state index < -0.39 is 23.0 Å². The van der Waals surface area contributed by atoms with Crippen LogP contribution in [0.15, 0.2) is 42.9 Å². The molecule has 1 aliphatic rings. The zero-order valence-corrected chi connectivity index (χ0v) is 24.4. The molecule has 0 radical (unpaired) electrons. The molecule has 0 aliphatic carbocycles. The predicted molar refractivity (Wildman–Crippen MR) is 154 cm³/mol. The van der Waals surface area contributed by atoms with Crippen molar-refractivity contribution in [3.05, 3.63) is 53.4 Å². The number of ether oxygens (including phenoxy) is 1. The molecule has 3 aromatic rings. The van der Waals surface area contributed by atoms with Crippen molar-refractivity contribution in [1.29, 1.82) is 0 Å². The van der Waals surface area contributed by atoms with Gasteiger partial charge in [-0.05, 0) is 57.4 Å². The molecule has 1 atom stereocenters. The largest absolute Gasteiger partial charge is 0.460 e. The third-order valence-electron chi connectivity index (χ3n) is 7.19. The number of aromatic nitrogens is 3. The number of nitrogens with one attached hydrogen (secondary N) is 2. The average Bonchev–Trinajstić information content (AvgIpc) is 3.37. The number of amides is 2. The number of aromatic amines is 1. The number of carbonyl (C=O) groups is 3. The van der Waals surface area contributed by atoms with Gasteiger partial charge in [-0.1, -0.05) is 23.7 Å². The summed E-state index contributed by atoms with van der Waals surface area (Å²) in [6.45, 7) is 6.44. The van der Waals surface area contributed by atoms with Crippen LogP contribution in [0.2, 0.25) is 5.02 Å². The van der Waals surface area contributed by atoms with Crippen LogP contribution < -0.4 is 10.2 Å². The first-order chi connectivity index (χ1) is 18.9. The van der Waals surface area contributed by atoms with E-state index in [4.69, 9.17) is 16.3 Å². The lowest BCUT2D eigenvalue weighted by atomic mass is 9.74. The zero-order valence-electron chi connectivity index (χ0n) is 23.7. The van der Waals surface area contributed by atoms with E-state index in [1.807, 2.05) is 12.3 Å². The number of hydrogen-bond donors (Lipinski definition) is 2. The van der Waals surface area contributed by atoms with Crippen LogP contribution in [0.3, 0.4) is 0 Å². The maximum Gasteiger partial charge on any atom is 0.307 e. The first kappa shape index (κ1) is 29.3. The summed E-state index contributed by atoms with van der Waals surface area (Å²) in [7, 11) is 3.36. The zero-order chi connectivity index (χ0) is 29.1. The van der Waals surface area contributed by atoms with Gasteiger partial charge in [0.05, 0.1) is 29.7 Å². The van der Waals surface area contributed by atoms with Gasteiger partial charge >= 0.3 is 5.97 Å². The lowest BCUT2D eigenvalue weighted by molar-refractivity contribution is -0.161. The van der Waals surface area contributed by atoms with Gasteiger partial charge in [-0.15, -0.1) is 0 Å². The van der Waals surface area contributed by atoms with E-state index in [1.54, 1.807) is 59.1 Å². The summed E-state index contributed by atoms with van der Waals surface area (Å²) in [5.74, 6) is -0.0544. The van der Waals surface area contributed by atoms with E-state index in [1.165, 1.54) is 11.2 Å². The number of carbonyl (C=O) groups excluding carboxylic acids is 3. The highest BCUT2D eigenvalue weighted by Crippen LogP contribution is 2.39. The quantitative estimate of drug-likeness (QED) is 0.389. The summed E-state index contributed by atoms with van der Waals surface area (Å²) < 4.78 is 5.64. The van der Waals surface area contributed by atoms with Gasteiger partial charge < -0.3 is 24.8 Å². The molecule has 2 amide bonds. The standard InChI is InChI=1S/C29H37ClN6O4/c1-28(2,3)40-24(38)17-29(11-14-36(15-12-29)26-21-10-13-31-25(21)32-18-33-26)27(39)34-22(16-23(37)35(4)5)19-6-8-20(30)9-7-19/h6-10,13,18,22H,11-12,14-17H2,1-5H3,(H,34,39)(H,31,32,33). The van der Waals surface area contributed by atoms with Crippen molar-refractivity contribution in [2.45, 2.75) is 58.1 Å². The van der Waals surface area contributed by atoms with E-state index in [0.717, 1.165) is 22.4 Å². The van der Waals surface area contributed by atoms with Crippen LogP contribution in [-0.2, 0) is 19.1 Å². The Morgan fingerprint density at radius 3 is 2.42 bits per heavy atom. The van der Waals surface area contributed by atoms with Crippen LogP contribution in [-0.4, -0.2) is 70.4 Å². The summed E-state index contributed by atoms with van der Waals surface area (Å²) in [6, 6.07) is 8.41. The third kappa shape index (κ3) is 6.91. The van der Waals surface area contributed by atoms with Crippen molar-refractivity contribution in [3.63, 3.8) is 0 Å². The molecular formula is C29H37ClN6O4. The highest BCUT2D eigenvalue weighted by molar-refractivity contribution is 6.30. The van der Waals surface area contributed by atoms with Crippen molar-refractivity contribution < 1.29 is 19.1 Å². The Balaban J connectivity index is 1.60. The molecule has 2 aromatic heterocycles. The molecule has 1 aliphatic heterocycles. The molecule has 0 spiro atoms. The number of halogens is 1. The number of piperidine rings is 1. The minimum Gasteiger partial charge on any atom is -0.460 e. The van der Waals surface area contributed by atoms with Crippen LogP contribution in [0.1, 0.15) is 58.1 Å². The van der Waals surface area contributed by atoms with Gasteiger partial charge in [-0.2, -0.15) is 0 Å². The number of rotatable bonds is 8. The van der Waals surface area contributed by atoms with Crippen molar-refractivity contribution in [2.75, 3.05) is 32.1 Å². The number of anilines is 1. The number of H-pyrrole nitrogens is 1. The second-order valence-corrected chi connectivity index (χ2v) is 12.0. The molecule has 11 heteroatoms. The monoisotopic (exact) mass is 568 g/mol. The minimum atomic E-state index is -1.02. The maximum absolute atomic E-state index is 14.1. The summed E-state index contributed by atoms with van der Waals surface area (Å²) in [5.41, 5.74) is -0.201. The van der Waals surface area contributed by atoms with E-state index in [-0.39, 0.29) is 24.7 Å². The molecule has 2 N–H and O–H groups in total. The fourth-order valence-electron chi connectivity index (χ4n) is 5.01. The average molecular weight is 569 g/mol. The van der Waals surface area contributed by atoms with Gasteiger partial charge in [0.15, 0.2) is 0 Å². The Bertz CT molecular complexity index is 1360. The number of nitrogens with zero attached hydrogens (tertiary/aromatic N) is 4. The minimum absolute atomic E-state index is 0.0672. The molecule has 1 unspecified atom stereocenters. The molecule has 1 aromatic carbocycles. The van der Waals surface area contributed by atoms with Crippen LogP contribution >= 0.6 is 11.6 Å². The van der Waals surface area contributed by atoms with Gasteiger partial charge in [-0.3, -0.25) is 14.4 Å². The highest BCUT2D eigenvalue weighted by atomic mass is 35.5. The first-order valence-electron chi connectivity index (χ1n) is 13.4. The number of esters is 1. The van der Waals surface area contributed by atoms with E-state index in [0.29, 0.717) is 31.0 Å². The van der Waals surface area contributed by atoms with Crippen molar-refractivity contribution in [2.24, 2.45) is 5.41 Å². The van der Waals surface area contributed by atoms with Crippen molar-refractivity contribution >= 4 is 46.2 Å². The molecule has 4 rings (SSSR count). The van der Waals surface area contributed by atoms with Crippen LogP contribution in [0.4, 0.5) is 5.82 Å². The van der Waals surface area contributed by atoms with Gasteiger partial charge in [0, 0.05) is 38.4 Å². The molecule has 214 valence electrons. The Morgan fingerprint density at radius 1 is 1.12 bits per heavy atom. The molecule has 0 saturated carbocycles. The normalized spacial score (nSPS) is 15.9. The van der Waals surface area contributed by atoms with Crippen molar-refractivity contribution in [1.82, 2.24) is 25.2 Å². The molecule has 3 heterocycles. The number of benzene rings is 1. The van der Waals surface area contributed by atoms with Gasteiger partial charge in [-0.25, -0.2) is 9.97 Å². The first-order valence-corrected chi connectivity index (χ1v) is 13.8. The van der Waals surface area contributed by atoms with Crippen LogP contribution in [0.5, 0.6) is 0 Å². The van der Waals surface area contributed by atoms with Gasteiger partial charge in [0.2, 0.25) is 11.8 Å². The maximum atomic E-state index is 14.1. The number of hydrogen-bond acceptors (Lipinski definition) is 7. The van der Waals surface area contributed by atoms with Gasteiger partial charge in [0.25, 0.3) is 0 Å². The van der Waals surface area contributed by atoms with Gasteiger partial charge in [0.1, 0.15) is 23.4 Å². The Kier molecular flexibility index (Phi) is 8.68. The van der Waals surface area contributed by atoms with Crippen LogP contribution in [0.25, 0.3) is 11.0 Å². The van der Waals surface area contributed by atoms with Crippen molar-refractivity contribution in [3.8, 4) is 0 Å². The Morgan fingerprint density at radius 2 is 1.80 bits per heavy atom. The third-order valence-corrected chi connectivity index (χ3v) is 7.44. The van der Waals surface area contributed by atoms with E-state index >= 15 is 0 Å². The molecule has 1 fully saturated rings. The lowest BCUT2D eigenvalue weighted by Gasteiger charge is -2.41.